The zero-order chi connectivity index (χ0) is 26.1. The molecule has 0 unspecified atom stereocenters. The monoisotopic (exact) mass is 531 g/mol. The number of nitrogens with one attached hydrogen (secondary N) is 1. The highest BCUT2D eigenvalue weighted by Crippen LogP contribution is 2.28. The molecule has 1 aliphatic heterocycles. The molecule has 3 aromatic carbocycles. The summed E-state index contributed by atoms with van der Waals surface area (Å²) < 4.78 is 7.99. The Morgan fingerprint density at radius 3 is 2.30 bits per heavy atom. The van der Waals surface area contributed by atoms with Gasteiger partial charge in [0, 0.05) is 27.1 Å². The fourth-order valence-corrected chi connectivity index (χ4v) is 4.62. The van der Waals surface area contributed by atoms with Gasteiger partial charge in [-0.3, -0.25) is 4.79 Å². The summed E-state index contributed by atoms with van der Waals surface area (Å²) in [5.74, 6) is 0.322. The molecule has 3 amide bonds. The van der Waals surface area contributed by atoms with Crippen molar-refractivity contribution in [3.63, 3.8) is 0 Å². The summed E-state index contributed by atoms with van der Waals surface area (Å²) in [5.41, 5.74) is 5.37. The molecule has 5 rings (SSSR count). The van der Waals surface area contributed by atoms with Gasteiger partial charge in [0.2, 0.25) is 0 Å². The van der Waals surface area contributed by atoms with Crippen molar-refractivity contribution < 1.29 is 14.3 Å². The highest BCUT2D eigenvalue weighted by Gasteiger charge is 2.35. The van der Waals surface area contributed by atoms with Gasteiger partial charge in [-0.25, -0.2) is 9.69 Å². The van der Waals surface area contributed by atoms with E-state index in [4.69, 9.17) is 27.9 Å². The summed E-state index contributed by atoms with van der Waals surface area (Å²) in [6.07, 6.45) is 1.70. The van der Waals surface area contributed by atoms with Crippen LogP contribution in [-0.4, -0.2) is 16.5 Å². The third kappa shape index (κ3) is 5.12. The lowest BCUT2D eigenvalue weighted by atomic mass is 10.2. The van der Waals surface area contributed by atoms with Crippen LogP contribution in [0.4, 0.5) is 10.5 Å². The maximum absolute atomic E-state index is 13.0. The number of aryl methyl sites for hydroxylation is 1. The van der Waals surface area contributed by atoms with Crippen LogP contribution in [0, 0.1) is 13.8 Å². The lowest BCUT2D eigenvalue weighted by molar-refractivity contribution is -0.113. The number of carbonyl (C=O) groups is 2. The smallest absolute Gasteiger partial charge is 0.333 e. The fraction of sp³-hybridized carbons (Fsp3) is 0.103. The quantitative estimate of drug-likeness (QED) is 0.213. The molecule has 0 bridgehead atoms. The van der Waals surface area contributed by atoms with Gasteiger partial charge in [-0.15, -0.1) is 0 Å². The second-order valence-corrected chi connectivity index (χ2v) is 9.55. The van der Waals surface area contributed by atoms with E-state index in [1.54, 1.807) is 30.3 Å². The van der Waals surface area contributed by atoms with Crippen LogP contribution in [0.2, 0.25) is 10.0 Å². The molecule has 1 aliphatic rings. The summed E-state index contributed by atoms with van der Waals surface area (Å²) in [6.45, 7) is 4.41. The Balaban J connectivity index is 1.35. The van der Waals surface area contributed by atoms with Crippen LogP contribution >= 0.6 is 23.2 Å². The van der Waals surface area contributed by atoms with Crippen molar-refractivity contribution in [2.45, 2.75) is 20.5 Å². The predicted octanol–water partition coefficient (Wildman–Crippen LogP) is 7.08. The van der Waals surface area contributed by atoms with Crippen LogP contribution in [0.15, 0.2) is 84.6 Å². The number of amides is 3. The first-order valence-corrected chi connectivity index (χ1v) is 12.3. The van der Waals surface area contributed by atoms with E-state index in [1.165, 1.54) is 0 Å². The predicted molar refractivity (Wildman–Crippen MR) is 146 cm³/mol. The SMILES string of the molecule is Cc1cc(/C=C2/NC(=O)N(c3cccc(Cl)c3)C2=O)c(C)n1-c1ccc(OCc2ccc(Cl)cc2)cc1. The number of imide groups is 1. The van der Waals surface area contributed by atoms with Crippen LogP contribution in [-0.2, 0) is 11.4 Å². The largest absolute Gasteiger partial charge is 0.489 e. The number of ether oxygens (including phenoxy) is 1. The van der Waals surface area contributed by atoms with Gasteiger partial charge >= 0.3 is 6.03 Å². The van der Waals surface area contributed by atoms with Gasteiger partial charge in [-0.2, -0.15) is 0 Å². The number of hydrogen-bond donors (Lipinski definition) is 1. The molecule has 1 N–H and O–H groups in total. The molecule has 0 atom stereocenters. The van der Waals surface area contributed by atoms with Crippen LogP contribution in [0.25, 0.3) is 11.8 Å². The summed E-state index contributed by atoms with van der Waals surface area (Å²) >= 11 is 12.0. The highest BCUT2D eigenvalue weighted by atomic mass is 35.5. The van der Waals surface area contributed by atoms with Crippen LogP contribution in [0.1, 0.15) is 22.5 Å². The molecule has 1 aromatic heterocycles. The van der Waals surface area contributed by atoms with E-state index in [-0.39, 0.29) is 5.70 Å². The Bertz CT molecular complexity index is 1520. The van der Waals surface area contributed by atoms with Crippen molar-refractivity contribution in [2.24, 2.45) is 0 Å². The zero-order valence-corrected chi connectivity index (χ0v) is 21.7. The minimum absolute atomic E-state index is 0.205. The number of carbonyl (C=O) groups excluding carboxylic acids is 2. The van der Waals surface area contributed by atoms with Gasteiger partial charge in [-0.05, 0) is 91.7 Å². The van der Waals surface area contributed by atoms with Crippen molar-refractivity contribution in [1.82, 2.24) is 9.88 Å². The van der Waals surface area contributed by atoms with Crippen LogP contribution in [0.3, 0.4) is 0 Å². The first-order chi connectivity index (χ1) is 17.8. The van der Waals surface area contributed by atoms with E-state index in [9.17, 15) is 9.59 Å². The van der Waals surface area contributed by atoms with E-state index in [2.05, 4.69) is 9.88 Å². The molecule has 0 spiro atoms. The van der Waals surface area contributed by atoms with Gasteiger partial charge in [0.05, 0.1) is 5.69 Å². The van der Waals surface area contributed by atoms with Gasteiger partial charge in [-0.1, -0.05) is 41.4 Å². The molecule has 0 radical (unpaired) electrons. The van der Waals surface area contributed by atoms with Crippen LogP contribution < -0.4 is 15.0 Å². The van der Waals surface area contributed by atoms with E-state index in [0.29, 0.717) is 22.3 Å². The Morgan fingerprint density at radius 1 is 0.865 bits per heavy atom. The summed E-state index contributed by atoms with van der Waals surface area (Å²) in [6, 6.07) is 23.5. The van der Waals surface area contributed by atoms with E-state index < -0.39 is 11.9 Å². The highest BCUT2D eigenvalue weighted by molar-refractivity contribution is 6.32. The average Bonchev–Trinajstić information content (AvgIpc) is 3.32. The van der Waals surface area contributed by atoms with Crippen molar-refractivity contribution in [3.8, 4) is 11.4 Å². The van der Waals surface area contributed by atoms with Crippen LogP contribution in [0.5, 0.6) is 5.75 Å². The molecule has 1 saturated heterocycles. The Labute approximate surface area is 224 Å². The Morgan fingerprint density at radius 2 is 1.59 bits per heavy atom. The maximum atomic E-state index is 13.0. The molecule has 4 aromatic rings. The number of hydrogen-bond acceptors (Lipinski definition) is 3. The molecule has 0 saturated carbocycles. The molecule has 8 heteroatoms. The van der Waals surface area contributed by atoms with Gasteiger partial charge < -0.3 is 14.6 Å². The first-order valence-electron chi connectivity index (χ1n) is 11.6. The summed E-state index contributed by atoms with van der Waals surface area (Å²) in [5, 5.41) is 3.81. The minimum atomic E-state index is -0.512. The second-order valence-electron chi connectivity index (χ2n) is 8.68. The lowest BCUT2D eigenvalue weighted by Crippen LogP contribution is -2.30. The van der Waals surface area contributed by atoms with Crippen molar-refractivity contribution in [2.75, 3.05) is 4.90 Å². The number of urea groups is 1. The third-order valence-corrected chi connectivity index (χ3v) is 6.62. The molecule has 6 nitrogen and oxygen atoms in total. The summed E-state index contributed by atoms with van der Waals surface area (Å²) in [4.78, 5) is 26.7. The first kappa shape index (κ1) is 24.7. The second kappa shape index (κ2) is 10.2. The molecule has 37 heavy (non-hydrogen) atoms. The lowest BCUT2D eigenvalue weighted by Gasteiger charge is -2.12. The van der Waals surface area contributed by atoms with Gasteiger partial charge in [0.15, 0.2) is 0 Å². The molecule has 186 valence electrons. The standard InChI is InChI=1S/C29H23Cl2N3O3/c1-18-14-21(15-27-28(35)34(29(36)32-27)25-5-3-4-23(31)16-25)19(2)33(18)24-10-12-26(13-11-24)37-17-20-6-8-22(30)9-7-20/h3-16H,17H2,1-2H3,(H,32,36)/b27-15+. The number of benzene rings is 3. The number of aromatic nitrogens is 1. The van der Waals surface area contributed by atoms with Gasteiger partial charge in [0.1, 0.15) is 18.1 Å². The average molecular weight is 532 g/mol. The normalized spacial score (nSPS) is 14.4. The van der Waals surface area contributed by atoms with E-state index in [0.717, 1.165) is 38.9 Å². The molecular weight excluding hydrogens is 509 g/mol. The minimum Gasteiger partial charge on any atom is -0.489 e. The van der Waals surface area contributed by atoms with Crippen molar-refractivity contribution in [1.29, 1.82) is 0 Å². The fourth-order valence-electron chi connectivity index (χ4n) is 4.31. The van der Waals surface area contributed by atoms with Gasteiger partial charge in [0.25, 0.3) is 5.91 Å². The number of nitrogens with zero attached hydrogens (tertiary/aromatic N) is 2. The molecule has 1 fully saturated rings. The molecular formula is C29H23Cl2N3O3. The van der Waals surface area contributed by atoms with Crippen molar-refractivity contribution in [3.05, 3.63) is 117 Å². The maximum Gasteiger partial charge on any atom is 0.333 e. The number of rotatable bonds is 6. The molecule has 2 heterocycles. The molecule has 0 aliphatic carbocycles. The summed E-state index contributed by atoms with van der Waals surface area (Å²) in [7, 11) is 0. The number of anilines is 1. The van der Waals surface area contributed by atoms with E-state index in [1.807, 2.05) is 68.4 Å². The number of halogens is 2. The topological polar surface area (TPSA) is 63.6 Å². The third-order valence-electron chi connectivity index (χ3n) is 6.13. The van der Waals surface area contributed by atoms with Crippen molar-refractivity contribution >= 4 is 46.9 Å². The zero-order valence-electron chi connectivity index (χ0n) is 20.2. The Hall–Kier alpha value is -4.00. The Kier molecular flexibility index (Phi) is 6.78. The van der Waals surface area contributed by atoms with E-state index >= 15 is 0 Å².